The van der Waals surface area contributed by atoms with Crippen LogP contribution in [0.5, 0.6) is 5.75 Å². The van der Waals surface area contributed by atoms with E-state index in [1.54, 1.807) is 7.11 Å². The molecule has 0 bridgehead atoms. The number of hydrogen-bond acceptors (Lipinski definition) is 7. The second-order valence-electron chi connectivity index (χ2n) is 7.50. The van der Waals surface area contributed by atoms with Gasteiger partial charge >= 0.3 is 0 Å². The molecule has 2 aromatic carbocycles. The Balaban J connectivity index is 1.42. The fourth-order valence-electron chi connectivity index (χ4n) is 3.61. The maximum absolute atomic E-state index is 13.0. The zero-order valence-corrected chi connectivity index (χ0v) is 19.9. The molecule has 3 heterocycles. The number of aromatic amines is 1. The molecule has 3 aromatic heterocycles. The Morgan fingerprint density at radius 3 is 2.55 bits per heavy atom. The monoisotopic (exact) mass is 475 g/mol. The fourth-order valence-corrected chi connectivity index (χ4v) is 5.44. The largest absolute Gasteiger partial charge is 0.497 e. The molecule has 1 atom stereocenters. The number of thiophene rings is 1. The minimum atomic E-state index is -0.126. The van der Waals surface area contributed by atoms with Crippen LogP contribution in [0.25, 0.3) is 32.7 Å². The first-order chi connectivity index (χ1) is 16.0. The number of hydrogen-bond donors (Lipinski definition) is 1. The number of nitrogens with zero attached hydrogens (tertiary/aromatic N) is 4. The first-order valence-corrected chi connectivity index (χ1v) is 12.1. The predicted octanol–water partition coefficient (Wildman–Crippen LogP) is 5.31. The van der Waals surface area contributed by atoms with Crippen molar-refractivity contribution < 1.29 is 4.74 Å². The molecule has 7 nitrogen and oxygen atoms in total. The Bertz CT molecular complexity index is 1470. The number of H-pyrrole nitrogens is 1. The van der Waals surface area contributed by atoms with E-state index in [-0.39, 0.29) is 10.8 Å². The summed E-state index contributed by atoms with van der Waals surface area (Å²) in [6.45, 7) is 2.00. The average Bonchev–Trinajstić information content (AvgIpc) is 3.44. The van der Waals surface area contributed by atoms with E-state index in [2.05, 4.69) is 15.2 Å². The summed E-state index contributed by atoms with van der Waals surface area (Å²) < 4.78 is 7.17. The van der Waals surface area contributed by atoms with Gasteiger partial charge in [0.25, 0.3) is 5.56 Å². The number of benzene rings is 2. The molecule has 0 saturated heterocycles. The highest BCUT2D eigenvalue weighted by Crippen LogP contribution is 2.35. The van der Waals surface area contributed by atoms with Crippen molar-refractivity contribution >= 4 is 33.3 Å². The van der Waals surface area contributed by atoms with Gasteiger partial charge in [0.05, 0.1) is 17.7 Å². The lowest BCUT2D eigenvalue weighted by molar-refractivity contribution is 0.415. The van der Waals surface area contributed by atoms with E-state index in [1.807, 2.05) is 78.5 Å². The highest BCUT2D eigenvalue weighted by molar-refractivity contribution is 7.99. The van der Waals surface area contributed by atoms with Crippen LogP contribution in [0.1, 0.15) is 18.0 Å². The molecule has 166 valence electrons. The first kappa shape index (κ1) is 21.4. The molecule has 1 N–H and O–H groups in total. The van der Waals surface area contributed by atoms with Crippen LogP contribution in [0.4, 0.5) is 0 Å². The molecule has 5 rings (SSSR count). The SMILES string of the molecule is COc1ccc(-c2nnc(SC(C)c3nc4scc(-c5ccccc5)c4c(=O)[nH]3)n2C)cc1. The number of nitrogens with one attached hydrogen (secondary N) is 1. The van der Waals surface area contributed by atoms with Crippen LogP contribution in [0, 0.1) is 0 Å². The summed E-state index contributed by atoms with van der Waals surface area (Å²) in [5.41, 5.74) is 2.75. The summed E-state index contributed by atoms with van der Waals surface area (Å²) >= 11 is 2.99. The van der Waals surface area contributed by atoms with Crippen molar-refractivity contribution in [3.05, 3.63) is 76.2 Å². The van der Waals surface area contributed by atoms with Gasteiger partial charge in [-0.15, -0.1) is 21.5 Å². The number of ether oxygens (including phenoxy) is 1. The van der Waals surface area contributed by atoms with Crippen LogP contribution in [0.2, 0.25) is 0 Å². The summed E-state index contributed by atoms with van der Waals surface area (Å²) in [5, 5.41) is 12.0. The van der Waals surface area contributed by atoms with E-state index in [9.17, 15) is 4.79 Å². The van der Waals surface area contributed by atoms with Gasteiger partial charge in [-0.3, -0.25) is 4.79 Å². The highest BCUT2D eigenvalue weighted by atomic mass is 32.2. The second kappa shape index (κ2) is 8.84. The summed E-state index contributed by atoms with van der Waals surface area (Å²) in [5.74, 6) is 2.17. The smallest absolute Gasteiger partial charge is 0.260 e. The van der Waals surface area contributed by atoms with E-state index < -0.39 is 0 Å². The van der Waals surface area contributed by atoms with Crippen molar-refractivity contribution in [2.75, 3.05) is 7.11 Å². The number of thioether (sulfide) groups is 1. The van der Waals surface area contributed by atoms with Crippen molar-refractivity contribution in [1.29, 1.82) is 0 Å². The molecule has 1 unspecified atom stereocenters. The van der Waals surface area contributed by atoms with Gasteiger partial charge in [0.2, 0.25) is 0 Å². The predicted molar refractivity (Wildman–Crippen MR) is 133 cm³/mol. The Kier molecular flexibility index (Phi) is 5.74. The molecule has 0 aliphatic carbocycles. The van der Waals surface area contributed by atoms with Crippen molar-refractivity contribution in [3.8, 4) is 28.3 Å². The lowest BCUT2D eigenvalue weighted by Gasteiger charge is -2.10. The average molecular weight is 476 g/mol. The third-order valence-corrected chi connectivity index (χ3v) is 7.41. The van der Waals surface area contributed by atoms with Gasteiger partial charge in [0, 0.05) is 23.6 Å². The first-order valence-electron chi connectivity index (χ1n) is 10.3. The van der Waals surface area contributed by atoms with Crippen LogP contribution in [-0.4, -0.2) is 31.8 Å². The summed E-state index contributed by atoms with van der Waals surface area (Å²) in [6.07, 6.45) is 0. The summed E-state index contributed by atoms with van der Waals surface area (Å²) in [4.78, 5) is 21.5. The Hall–Kier alpha value is -3.43. The Morgan fingerprint density at radius 1 is 1.06 bits per heavy atom. The Labute approximate surface area is 198 Å². The third-order valence-electron chi connectivity index (χ3n) is 5.40. The molecular formula is C24H21N5O2S2. The van der Waals surface area contributed by atoms with E-state index >= 15 is 0 Å². The maximum atomic E-state index is 13.0. The molecule has 0 radical (unpaired) electrons. The van der Waals surface area contributed by atoms with E-state index in [0.717, 1.165) is 38.3 Å². The highest BCUT2D eigenvalue weighted by Gasteiger charge is 2.19. The zero-order chi connectivity index (χ0) is 22.9. The second-order valence-corrected chi connectivity index (χ2v) is 9.67. The molecule has 5 aromatic rings. The molecule has 0 aliphatic rings. The molecule has 9 heteroatoms. The maximum Gasteiger partial charge on any atom is 0.260 e. The topological polar surface area (TPSA) is 85.7 Å². The van der Waals surface area contributed by atoms with Gasteiger partial charge in [0.15, 0.2) is 11.0 Å². The van der Waals surface area contributed by atoms with Crippen molar-refractivity contribution in [3.63, 3.8) is 0 Å². The quantitative estimate of drug-likeness (QED) is 0.335. The van der Waals surface area contributed by atoms with Crippen LogP contribution in [-0.2, 0) is 7.05 Å². The minimum absolute atomic E-state index is 0.115. The fraction of sp³-hybridized carbons (Fsp3) is 0.167. The number of rotatable bonds is 6. The van der Waals surface area contributed by atoms with Gasteiger partial charge in [-0.25, -0.2) is 4.98 Å². The number of fused-ring (bicyclic) bond motifs is 1. The van der Waals surface area contributed by atoms with E-state index in [1.165, 1.54) is 23.1 Å². The van der Waals surface area contributed by atoms with Gasteiger partial charge in [-0.2, -0.15) is 0 Å². The normalized spacial score (nSPS) is 12.2. The van der Waals surface area contributed by atoms with Crippen molar-refractivity contribution in [2.45, 2.75) is 17.3 Å². The number of aromatic nitrogens is 5. The van der Waals surface area contributed by atoms with Gasteiger partial charge in [0.1, 0.15) is 16.4 Å². The van der Waals surface area contributed by atoms with Crippen molar-refractivity contribution in [2.24, 2.45) is 7.05 Å². The summed E-state index contributed by atoms with van der Waals surface area (Å²) in [7, 11) is 3.57. The van der Waals surface area contributed by atoms with Gasteiger partial charge < -0.3 is 14.3 Å². The molecule has 0 spiro atoms. The third kappa shape index (κ3) is 4.05. The van der Waals surface area contributed by atoms with Crippen molar-refractivity contribution in [1.82, 2.24) is 24.7 Å². The van der Waals surface area contributed by atoms with E-state index in [0.29, 0.717) is 11.2 Å². The molecule has 33 heavy (non-hydrogen) atoms. The van der Waals surface area contributed by atoms with Crippen LogP contribution < -0.4 is 10.3 Å². The molecule has 0 amide bonds. The molecule has 0 aliphatic heterocycles. The lowest BCUT2D eigenvalue weighted by Crippen LogP contribution is -2.12. The number of methoxy groups -OCH3 is 1. The zero-order valence-electron chi connectivity index (χ0n) is 18.3. The standard InChI is InChI=1S/C24H21N5O2S2/c1-14(33-24-28-27-21(29(24)2)16-9-11-17(31-3)12-10-16)20-25-22(30)19-18(13-32-23(19)26-20)15-7-5-4-6-8-15/h4-14H,1-3H3,(H,25,26,30). The Morgan fingerprint density at radius 2 is 1.82 bits per heavy atom. The van der Waals surface area contributed by atoms with Gasteiger partial charge in [-0.1, -0.05) is 42.1 Å². The van der Waals surface area contributed by atoms with Crippen LogP contribution in [0.15, 0.2) is 69.9 Å². The lowest BCUT2D eigenvalue weighted by atomic mass is 10.1. The van der Waals surface area contributed by atoms with Gasteiger partial charge in [-0.05, 0) is 36.8 Å². The van der Waals surface area contributed by atoms with Crippen LogP contribution >= 0.6 is 23.1 Å². The molecular weight excluding hydrogens is 454 g/mol. The van der Waals surface area contributed by atoms with E-state index in [4.69, 9.17) is 9.72 Å². The minimum Gasteiger partial charge on any atom is -0.497 e. The molecule has 0 fully saturated rings. The van der Waals surface area contributed by atoms with Crippen LogP contribution in [0.3, 0.4) is 0 Å². The summed E-state index contributed by atoms with van der Waals surface area (Å²) in [6, 6.07) is 17.6. The molecule has 0 saturated carbocycles.